The summed E-state index contributed by atoms with van der Waals surface area (Å²) in [7, 11) is 5.56. The standard InChI is InChI=1S/C46H50N6O5/c1-31-40(44(53)49(4)37-14-6-5-7-15-37)27-43(48(31)3)41-24-33-17-18-51(46(55)57-39-16-10-13-36(26-39)47-2)28-35(33)25-42(41)45(54)52-29-34-12-9-8-11-32(34)23-38(52)30-50-19-21-56-22-20-50/h5-16,24-27,38,47H,17-23,28-30H2,1-4H3/t38-/m0/s1. The number of fused-ring (bicyclic) bond motifs is 2. The van der Waals surface area contributed by atoms with Crippen LogP contribution in [0.15, 0.2) is 97.1 Å². The summed E-state index contributed by atoms with van der Waals surface area (Å²) in [6.45, 7) is 6.96. The van der Waals surface area contributed by atoms with Crippen LogP contribution in [0.4, 0.5) is 16.2 Å². The lowest BCUT2D eigenvalue weighted by molar-refractivity contribution is 0.0193. The molecule has 0 bridgehead atoms. The number of rotatable bonds is 8. The number of morpholine rings is 1. The summed E-state index contributed by atoms with van der Waals surface area (Å²) >= 11 is 0. The molecule has 5 aromatic rings. The predicted molar refractivity (Wildman–Crippen MR) is 222 cm³/mol. The average Bonchev–Trinajstić information content (AvgIpc) is 3.55. The molecule has 3 amide bonds. The van der Waals surface area contributed by atoms with Gasteiger partial charge in [0.15, 0.2) is 0 Å². The number of ether oxygens (including phenoxy) is 2. The van der Waals surface area contributed by atoms with Gasteiger partial charge in [0, 0.05) is 106 Å². The Balaban J connectivity index is 1.18. The van der Waals surface area contributed by atoms with E-state index in [2.05, 4.69) is 34.5 Å². The number of hydrogen-bond acceptors (Lipinski definition) is 7. The SMILES string of the molecule is CNc1cccc(OC(=O)N2CCc3cc(-c4cc(C(=O)N(C)c5ccccc5)c(C)n4C)c(C(=O)N4Cc5ccccc5C[C@H]4CN4CCOCC4)cc3C2)c1. The lowest BCUT2D eigenvalue weighted by Gasteiger charge is -2.41. The van der Waals surface area contributed by atoms with Gasteiger partial charge >= 0.3 is 6.09 Å². The molecule has 0 unspecified atom stereocenters. The zero-order chi connectivity index (χ0) is 39.6. The maximum absolute atomic E-state index is 15.4. The first kappa shape index (κ1) is 38.0. The van der Waals surface area contributed by atoms with E-state index in [1.54, 1.807) is 29.0 Å². The Hall–Kier alpha value is -5.91. The van der Waals surface area contributed by atoms with Crippen LogP contribution in [0.25, 0.3) is 11.3 Å². The van der Waals surface area contributed by atoms with E-state index in [-0.39, 0.29) is 17.9 Å². The van der Waals surface area contributed by atoms with Gasteiger partial charge in [-0.25, -0.2) is 4.79 Å². The van der Waals surface area contributed by atoms with Crippen molar-refractivity contribution in [2.24, 2.45) is 7.05 Å². The van der Waals surface area contributed by atoms with E-state index in [1.165, 1.54) is 5.56 Å². The summed E-state index contributed by atoms with van der Waals surface area (Å²) in [5.41, 5.74) is 9.51. The fourth-order valence-electron chi connectivity index (χ4n) is 8.38. The van der Waals surface area contributed by atoms with Crippen LogP contribution in [0.3, 0.4) is 0 Å². The Kier molecular flexibility index (Phi) is 10.9. The molecule has 294 valence electrons. The number of carbonyl (C=O) groups is 3. The highest BCUT2D eigenvalue weighted by molar-refractivity contribution is 6.08. The normalized spacial score (nSPS) is 16.7. The molecule has 1 fully saturated rings. The smallest absolute Gasteiger partial charge is 0.410 e. The van der Waals surface area contributed by atoms with Crippen molar-refractivity contribution in [2.45, 2.75) is 38.9 Å². The second-order valence-corrected chi connectivity index (χ2v) is 15.2. The number of amides is 3. The van der Waals surface area contributed by atoms with E-state index in [0.717, 1.165) is 71.1 Å². The highest BCUT2D eigenvalue weighted by atomic mass is 16.6. The lowest BCUT2D eigenvalue weighted by Crippen LogP contribution is -2.52. The van der Waals surface area contributed by atoms with E-state index in [0.29, 0.717) is 56.1 Å². The molecule has 4 heterocycles. The van der Waals surface area contributed by atoms with E-state index in [1.807, 2.05) is 91.1 Å². The van der Waals surface area contributed by atoms with Gasteiger partial charge in [-0.1, -0.05) is 48.5 Å². The number of hydrogen-bond donors (Lipinski definition) is 1. The summed E-state index contributed by atoms with van der Waals surface area (Å²) in [6, 6.07) is 31.3. The molecule has 3 aliphatic rings. The van der Waals surface area contributed by atoms with E-state index < -0.39 is 6.09 Å². The molecule has 0 radical (unpaired) electrons. The quantitative estimate of drug-likeness (QED) is 0.186. The van der Waals surface area contributed by atoms with Gasteiger partial charge in [0.2, 0.25) is 0 Å². The molecule has 8 rings (SSSR count). The molecular weight excluding hydrogens is 717 g/mol. The van der Waals surface area contributed by atoms with Crippen molar-refractivity contribution < 1.29 is 23.9 Å². The van der Waals surface area contributed by atoms with Gasteiger partial charge in [-0.05, 0) is 84.5 Å². The minimum Gasteiger partial charge on any atom is -0.410 e. The fourth-order valence-corrected chi connectivity index (χ4v) is 8.38. The molecule has 1 N–H and O–H groups in total. The second-order valence-electron chi connectivity index (χ2n) is 15.2. The van der Waals surface area contributed by atoms with Crippen molar-refractivity contribution in [1.29, 1.82) is 0 Å². The molecule has 0 saturated carbocycles. The minimum absolute atomic E-state index is 0.0546. The van der Waals surface area contributed by atoms with Crippen LogP contribution < -0.4 is 15.0 Å². The second kappa shape index (κ2) is 16.3. The van der Waals surface area contributed by atoms with Gasteiger partial charge in [-0.15, -0.1) is 0 Å². The maximum Gasteiger partial charge on any atom is 0.415 e. The van der Waals surface area contributed by atoms with Crippen LogP contribution in [-0.2, 0) is 37.7 Å². The van der Waals surface area contributed by atoms with Crippen molar-refractivity contribution in [2.75, 3.05) is 63.7 Å². The monoisotopic (exact) mass is 766 g/mol. The maximum atomic E-state index is 15.4. The molecule has 11 heteroatoms. The number of para-hydroxylation sites is 1. The first-order chi connectivity index (χ1) is 27.7. The van der Waals surface area contributed by atoms with Gasteiger partial charge in [0.1, 0.15) is 5.75 Å². The van der Waals surface area contributed by atoms with E-state index >= 15 is 4.79 Å². The molecule has 1 saturated heterocycles. The Morgan fingerprint density at radius 2 is 1.58 bits per heavy atom. The number of nitrogens with one attached hydrogen (secondary N) is 1. The van der Waals surface area contributed by atoms with Crippen LogP contribution in [0.2, 0.25) is 0 Å². The van der Waals surface area contributed by atoms with Crippen LogP contribution in [0.5, 0.6) is 5.75 Å². The van der Waals surface area contributed by atoms with Crippen LogP contribution in [0, 0.1) is 6.92 Å². The Morgan fingerprint density at radius 3 is 2.35 bits per heavy atom. The van der Waals surface area contributed by atoms with Crippen LogP contribution in [-0.4, -0.2) is 96.7 Å². The van der Waals surface area contributed by atoms with Gasteiger partial charge in [0.25, 0.3) is 11.8 Å². The Labute approximate surface area is 334 Å². The Morgan fingerprint density at radius 1 is 0.825 bits per heavy atom. The third-order valence-corrected chi connectivity index (χ3v) is 11.8. The molecule has 11 nitrogen and oxygen atoms in total. The summed E-state index contributed by atoms with van der Waals surface area (Å²) in [6.07, 6.45) is 0.903. The van der Waals surface area contributed by atoms with E-state index in [4.69, 9.17) is 9.47 Å². The zero-order valence-electron chi connectivity index (χ0n) is 33.2. The molecule has 0 spiro atoms. The minimum atomic E-state index is -0.437. The van der Waals surface area contributed by atoms with Crippen molar-refractivity contribution in [1.82, 2.24) is 19.3 Å². The molecule has 57 heavy (non-hydrogen) atoms. The lowest BCUT2D eigenvalue weighted by atomic mass is 9.89. The first-order valence-electron chi connectivity index (χ1n) is 19.8. The number of aromatic nitrogens is 1. The van der Waals surface area contributed by atoms with E-state index in [9.17, 15) is 9.59 Å². The number of anilines is 2. The molecule has 1 aromatic heterocycles. The Bertz CT molecular complexity index is 2300. The fraction of sp³-hybridized carbons (Fsp3) is 0.326. The van der Waals surface area contributed by atoms with Crippen molar-refractivity contribution in [3.8, 4) is 17.0 Å². The highest BCUT2D eigenvalue weighted by Crippen LogP contribution is 2.36. The van der Waals surface area contributed by atoms with Crippen molar-refractivity contribution in [3.63, 3.8) is 0 Å². The molecule has 0 aliphatic carbocycles. The number of nitrogens with zero attached hydrogens (tertiary/aromatic N) is 5. The topological polar surface area (TPSA) is 99.6 Å². The molecule has 1 atom stereocenters. The number of carbonyl (C=O) groups excluding carboxylic acids is 3. The van der Waals surface area contributed by atoms with Gasteiger partial charge in [0.05, 0.1) is 18.8 Å². The molecular formula is C46H50N6O5. The zero-order valence-corrected chi connectivity index (χ0v) is 33.2. The summed E-state index contributed by atoms with van der Waals surface area (Å²) in [4.78, 5) is 50.8. The van der Waals surface area contributed by atoms with Crippen molar-refractivity contribution in [3.05, 3.63) is 136 Å². The summed E-state index contributed by atoms with van der Waals surface area (Å²) in [5, 5.41) is 3.08. The molecule has 4 aromatic carbocycles. The summed E-state index contributed by atoms with van der Waals surface area (Å²) < 4.78 is 13.5. The first-order valence-corrected chi connectivity index (χ1v) is 19.8. The van der Waals surface area contributed by atoms with Crippen LogP contribution >= 0.6 is 0 Å². The average molecular weight is 767 g/mol. The largest absolute Gasteiger partial charge is 0.415 e. The number of benzene rings is 4. The van der Waals surface area contributed by atoms with Gasteiger partial charge in [-0.3, -0.25) is 14.5 Å². The van der Waals surface area contributed by atoms with Gasteiger partial charge < -0.3 is 34.1 Å². The highest BCUT2D eigenvalue weighted by Gasteiger charge is 2.35. The third kappa shape index (κ3) is 7.77. The summed E-state index contributed by atoms with van der Waals surface area (Å²) in [5.74, 6) is 0.263. The predicted octanol–water partition coefficient (Wildman–Crippen LogP) is 6.78. The van der Waals surface area contributed by atoms with Crippen molar-refractivity contribution >= 4 is 29.3 Å². The van der Waals surface area contributed by atoms with Crippen LogP contribution in [0.1, 0.15) is 48.7 Å². The third-order valence-electron chi connectivity index (χ3n) is 11.8. The van der Waals surface area contributed by atoms with Gasteiger partial charge in [-0.2, -0.15) is 0 Å². The molecule has 3 aliphatic heterocycles.